The summed E-state index contributed by atoms with van der Waals surface area (Å²) < 4.78 is -0.432. The lowest BCUT2D eigenvalue weighted by atomic mass is 9.78. The Morgan fingerprint density at radius 1 is 0.457 bits per heavy atom. The third kappa shape index (κ3) is 4.71. The van der Waals surface area contributed by atoms with Crippen molar-refractivity contribution in [1.29, 1.82) is 0 Å². The Kier molecular flexibility index (Phi) is 8.19. The molecule has 0 nitrogen and oxygen atoms in total. The van der Waals surface area contributed by atoms with Gasteiger partial charge in [-0.15, -0.1) is 11.8 Å². The fourth-order valence-electron chi connectivity index (χ4n) is 5.48. The highest BCUT2D eigenvalue weighted by Gasteiger charge is 2.50. The van der Waals surface area contributed by atoms with Gasteiger partial charge >= 0.3 is 0 Å². The Morgan fingerprint density at radius 3 is 0.886 bits per heavy atom. The molecule has 0 saturated heterocycles. The summed E-state index contributed by atoms with van der Waals surface area (Å²) in [6, 6.07) is 44.8. The molecule has 2 unspecified atom stereocenters. The number of benzene rings is 4. The topological polar surface area (TPSA) is 0 Å². The SMILES string of the molecule is CCC(C)C(SC(c1ccccc1)(c1ccccc1)C(C)CC)(c1ccccc1)c1ccccc1. The monoisotopic (exact) mass is 478 g/mol. The van der Waals surface area contributed by atoms with Crippen LogP contribution in [0.25, 0.3) is 0 Å². The van der Waals surface area contributed by atoms with Gasteiger partial charge in [-0.2, -0.15) is 0 Å². The molecule has 0 aromatic heterocycles. The first-order valence-corrected chi connectivity index (χ1v) is 13.8. The van der Waals surface area contributed by atoms with Gasteiger partial charge in [0.1, 0.15) is 0 Å². The van der Waals surface area contributed by atoms with Crippen molar-refractivity contribution in [3.8, 4) is 0 Å². The molecule has 1 heteroatoms. The van der Waals surface area contributed by atoms with E-state index in [1.54, 1.807) is 0 Å². The molecule has 0 aliphatic heterocycles. The summed E-state index contributed by atoms with van der Waals surface area (Å²) in [6.45, 7) is 9.54. The first kappa shape index (κ1) is 25.3. The van der Waals surface area contributed by atoms with Crippen molar-refractivity contribution in [1.82, 2.24) is 0 Å². The zero-order valence-electron chi connectivity index (χ0n) is 21.5. The highest BCUT2D eigenvalue weighted by Crippen LogP contribution is 2.62. The molecule has 35 heavy (non-hydrogen) atoms. The van der Waals surface area contributed by atoms with Crippen molar-refractivity contribution in [3.05, 3.63) is 144 Å². The van der Waals surface area contributed by atoms with E-state index in [4.69, 9.17) is 0 Å². The highest BCUT2D eigenvalue weighted by molar-refractivity contribution is 8.01. The lowest BCUT2D eigenvalue weighted by Crippen LogP contribution is -2.41. The normalized spacial score (nSPS) is 13.8. The summed E-state index contributed by atoms with van der Waals surface area (Å²) in [5, 5.41) is 0. The number of hydrogen-bond acceptors (Lipinski definition) is 1. The lowest BCUT2D eigenvalue weighted by Gasteiger charge is -2.50. The molecule has 0 saturated carbocycles. The maximum absolute atomic E-state index is 2.43. The molecule has 4 rings (SSSR count). The van der Waals surface area contributed by atoms with Crippen molar-refractivity contribution >= 4 is 11.8 Å². The van der Waals surface area contributed by atoms with Crippen molar-refractivity contribution in [2.24, 2.45) is 11.8 Å². The van der Waals surface area contributed by atoms with Gasteiger partial charge in [0.05, 0.1) is 9.49 Å². The smallest absolute Gasteiger partial charge is 0.0694 e. The van der Waals surface area contributed by atoms with Gasteiger partial charge in [0.15, 0.2) is 0 Å². The average molecular weight is 479 g/mol. The van der Waals surface area contributed by atoms with E-state index < -0.39 is 0 Å². The van der Waals surface area contributed by atoms with Crippen LogP contribution in [0.1, 0.15) is 62.8 Å². The molecule has 0 radical (unpaired) electrons. The Labute approximate surface area is 216 Å². The predicted molar refractivity (Wildman–Crippen MR) is 154 cm³/mol. The Morgan fingerprint density at radius 2 is 0.686 bits per heavy atom. The van der Waals surface area contributed by atoms with Gasteiger partial charge in [-0.25, -0.2) is 0 Å². The minimum absolute atomic E-state index is 0.216. The molecular formula is C34H38S. The van der Waals surface area contributed by atoms with Crippen LogP contribution in [0.4, 0.5) is 0 Å². The van der Waals surface area contributed by atoms with E-state index in [0.29, 0.717) is 11.8 Å². The van der Waals surface area contributed by atoms with Crippen molar-refractivity contribution < 1.29 is 0 Å². The van der Waals surface area contributed by atoms with E-state index in [9.17, 15) is 0 Å². The quantitative estimate of drug-likeness (QED) is 0.218. The third-order valence-electron chi connectivity index (χ3n) is 7.75. The van der Waals surface area contributed by atoms with E-state index in [2.05, 4.69) is 161 Å². The molecule has 4 aromatic carbocycles. The van der Waals surface area contributed by atoms with Crippen molar-refractivity contribution in [3.63, 3.8) is 0 Å². The van der Waals surface area contributed by atoms with Crippen LogP contribution < -0.4 is 0 Å². The molecule has 2 atom stereocenters. The van der Waals surface area contributed by atoms with Gasteiger partial charge in [0.25, 0.3) is 0 Å². The first-order chi connectivity index (χ1) is 17.1. The predicted octanol–water partition coefficient (Wildman–Crippen LogP) is 9.70. The first-order valence-electron chi connectivity index (χ1n) is 13.0. The zero-order valence-corrected chi connectivity index (χ0v) is 22.3. The summed E-state index contributed by atoms with van der Waals surface area (Å²) in [4.78, 5) is 0. The van der Waals surface area contributed by atoms with Gasteiger partial charge in [0, 0.05) is 0 Å². The van der Waals surface area contributed by atoms with Gasteiger partial charge in [-0.05, 0) is 34.1 Å². The number of rotatable bonds is 10. The zero-order chi connectivity index (χ0) is 24.7. The summed E-state index contributed by atoms with van der Waals surface area (Å²) in [5.41, 5.74) is 5.52. The molecule has 4 aromatic rings. The molecule has 0 aliphatic carbocycles. The number of hydrogen-bond donors (Lipinski definition) is 0. The second-order valence-electron chi connectivity index (χ2n) is 9.66. The minimum atomic E-state index is -0.216. The van der Waals surface area contributed by atoms with Crippen LogP contribution in [0.3, 0.4) is 0 Å². The van der Waals surface area contributed by atoms with Gasteiger partial charge < -0.3 is 0 Å². The summed E-state index contributed by atoms with van der Waals surface area (Å²) in [5.74, 6) is 0.848. The Hall–Kier alpha value is -2.77. The van der Waals surface area contributed by atoms with Crippen LogP contribution >= 0.6 is 11.8 Å². The minimum Gasteiger partial charge on any atom is -0.128 e. The van der Waals surface area contributed by atoms with Crippen LogP contribution in [0.5, 0.6) is 0 Å². The van der Waals surface area contributed by atoms with Gasteiger partial charge in [-0.3, -0.25) is 0 Å². The summed E-state index contributed by atoms with van der Waals surface area (Å²) >= 11 is 2.16. The fourth-order valence-corrected chi connectivity index (χ4v) is 7.74. The molecule has 0 amide bonds. The highest BCUT2D eigenvalue weighted by atomic mass is 32.2. The largest absolute Gasteiger partial charge is 0.128 e. The summed E-state index contributed by atoms with van der Waals surface area (Å²) in [6.07, 6.45) is 2.19. The molecule has 0 heterocycles. The second kappa shape index (κ2) is 11.3. The molecular weight excluding hydrogens is 440 g/mol. The standard InChI is InChI=1S/C34H38S/c1-5-27(3)33(29-19-11-7-12-20-29,30-21-13-8-14-22-30)35-34(28(4)6-2,31-23-15-9-16-24-31)32-25-17-10-18-26-32/h7-28H,5-6H2,1-4H3. The van der Waals surface area contributed by atoms with E-state index >= 15 is 0 Å². The van der Waals surface area contributed by atoms with Crippen LogP contribution in [-0.2, 0) is 9.49 Å². The third-order valence-corrected chi connectivity index (χ3v) is 10.1. The fraction of sp³-hybridized carbons (Fsp3) is 0.294. The Balaban J connectivity index is 2.09. The molecule has 0 spiro atoms. The molecule has 0 aliphatic rings. The van der Waals surface area contributed by atoms with Gasteiger partial charge in [-0.1, -0.05) is 162 Å². The maximum Gasteiger partial charge on any atom is 0.0694 e. The second-order valence-corrected chi connectivity index (χ2v) is 11.1. The molecule has 0 fully saturated rings. The van der Waals surface area contributed by atoms with Crippen molar-refractivity contribution in [2.45, 2.75) is 50.0 Å². The molecule has 180 valence electrons. The van der Waals surface area contributed by atoms with Crippen molar-refractivity contribution in [2.75, 3.05) is 0 Å². The van der Waals surface area contributed by atoms with E-state index in [1.165, 1.54) is 22.3 Å². The Bertz CT molecular complexity index is 978. The average Bonchev–Trinajstić information content (AvgIpc) is 2.95. The maximum atomic E-state index is 2.43. The van der Waals surface area contributed by atoms with Crippen LogP contribution in [0.15, 0.2) is 121 Å². The van der Waals surface area contributed by atoms with Crippen LogP contribution in [0.2, 0.25) is 0 Å². The van der Waals surface area contributed by atoms with Crippen LogP contribution in [-0.4, -0.2) is 0 Å². The number of thioether (sulfide) groups is 1. The lowest BCUT2D eigenvalue weighted by molar-refractivity contribution is 0.423. The summed E-state index contributed by atoms with van der Waals surface area (Å²) in [7, 11) is 0. The van der Waals surface area contributed by atoms with E-state index in [1.807, 2.05) is 0 Å². The van der Waals surface area contributed by atoms with E-state index in [0.717, 1.165) is 12.8 Å². The van der Waals surface area contributed by atoms with Gasteiger partial charge in [0.2, 0.25) is 0 Å². The molecule has 0 bridgehead atoms. The van der Waals surface area contributed by atoms with E-state index in [-0.39, 0.29) is 9.49 Å². The van der Waals surface area contributed by atoms with Crippen LogP contribution in [0, 0.1) is 11.8 Å². The molecule has 0 N–H and O–H groups in total.